The number of benzene rings is 2. The Morgan fingerprint density at radius 3 is 2.27 bits per heavy atom. The van der Waals surface area contributed by atoms with E-state index in [1.807, 2.05) is 26.0 Å². The van der Waals surface area contributed by atoms with Gasteiger partial charge in [0, 0.05) is 14.1 Å². The van der Waals surface area contributed by atoms with Crippen LogP contribution in [0.5, 0.6) is 11.5 Å². The molecule has 0 aliphatic heterocycles. The van der Waals surface area contributed by atoms with Gasteiger partial charge in [-0.3, -0.25) is 0 Å². The first-order valence-corrected chi connectivity index (χ1v) is 9.12. The lowest BCUT2D eigenvalue weighted by Gasteiger charge is -2.11. The SMILES string of the molecule is Cc1cc(C=Cc2nc(C(=O)Oc3ccc(F)cc3)nc(N(C)C)n2)cc(C)c1O. The molecule has 154 valence electrons. The predicted octanol–water partition coefficient (Wildman–Crippen LogP) is 3.79. The van der Waals surface area contributed by atoms with Crippen LogP contribution in [0.25, 0.3) is 12.2 Å². The van der Waals surface area contributed by atoms with Crippen LogP contribution in [-0.2, 0) is 0 Å². The molecule has 0 saturated heterocycles. The Labute approximate surface area is 173 Å². The number of halogens is 1. The molecule has 0 saturated carbocycles. The summed E-state index contributed by atoms with van der Waals surface area (Å²) in [5.41, 5.74) is 2.36. The van der Waals surface area contributed by atoms with Crippen LogP contribution in [0.3, 0.4) is 0 Å². The highest BCUT2D eigenvalue weighted by Gasteiger charge is 2.16. The fraction of sp³-hybridized carbons (Fsp3) is 0.182. The van der Waals surface area contributed by atoms with E-state index in [0.29, 0.717) is 0 Å². The summed E-state index contributed by atoms with van der Waals surface area (Å²) in [6.07, 6.45) is 3.43. The van der Waals surface area contributed by atoms with Crippen LogP contribution in [0.15, 0.2) is 36.4 Å². The third-order valence-corrected chi connectivity index (χ3v) is 4.19. The molecule has 30 heavy (non-hydrogen) atoms. The number of phenols is 1. The van der Waals surface area contributed by atoms with Gasteiger partial charge in [0.15, 0.2) is 5.82 Å². The number of ether oxygens (including phenoxy) is 1. The summed E-state index contributed by atoms with van der Waals surface area (Å²) in [5.74, 6) is -0.393. The molecule has 0 radical (unpaired) electrons. The highest BCUT2D eigenvalue weighted by atomic mass is 19.1. The molecule has 7 nitrogen and oxygen atoms in total. The Hall–Kier alpha value is -3.81. The summed E-state index contributed by atoms with van der Waals surface area (Å²) < 4.78 is 18.3. The Balaban J connectivity index is 1.90. The van der Waals surface area contributed by atoms with Crippen molar-refractivity contribution in [2.75, 3.05) is 19.0 Å². The number of aromatic hydroxyl groups is 1. The fourth-order valence-corrected chi connectivity index (χ4v) is 2.66. The average Bonchev–Trinajstić information content (AvgIpc) is 2.71. The third kappa shape index (κ3) is 4.96. The highest BCUT2D eigenvalue weighted by Crippen LogP contribution is 2.24. The second-order valence-corrected chi connectivity index (χ2v) is 6.89. The van der Waals surface area contributed by atoms with Crippen LogP contribution in [-0.4, -0.2) is 40.1 Å². The van der Waals surface area contributed by atoms with Crippen LogP contribution < -0.4 is 9.64 Å². The van der Waals surface area contributed by atoms with Gasteiger partial charge in [0.25, 0.3) is 0 Å². The molecule has 3 aromatic rings. The molecule has 0 aliphatic rings. The Morgan fingerprint density at radius 1 is 1.03 bits per heavy atom. The van der Waals surface area contributed by atoms with Crippen molar-refractivity contribution in [3.05, 3.63) is 70.6 Å². The van der Waals surface area contributed by atoms with Gasteiger partial charge in [0.05, 0.1) is 0 Å². The number of phenolic OH excluding ortho intramolecular Hbond substituents is 1. The summed E-state index contributed by atoms with van der Waals surface area (Å²) in [5, 5.41) is 9.91. The van der Waals surface area contributed by atoms with E-state index in [2.05, 4.69) is 15.0 Å². The summed E-state index contributed by atoms with van der Waals surface area (Å²) in [6.45, 7) is 3.63. The fourth-order valence-electron chi connectivity index (χ4n) is 2.66. The van der Waals surface area contributed by atoms with Gasteiger partial charge < -0.3 is 14.7 Å². The number of rotatable bonds is 5. The maximum Gasteiger partial charge on any atom is 0.381 e. The van der Waals surface area contributed by atoms with Gasteiger partial charge in [-0.2, -0.15) is 9.97 Å². The minimum absolute atomic E-state index is 0.171. The summed E-state index contributed by atoms with van der Waals surface area (Å²) in [4.78, 5) is 26.8. The number of hydrogen-bond acceptors (Lipinski definition) is 7. The lowest BCUT2D eigenvalue weighted by atomic mass is 10.1. The van der Waals surface area contributed by atoms with E-state index in [1.165, 1.54) is 24.3 Å². The molecule has 2 aromatic carbocycles. The van der Waals surface area contributed by atoms with Crippen LogP contribution in [0, 0.1) is 19.7 Å². The lowest BCUT2D eigenvalue weighted by Crippen LogP contribution is -2.20. The van der Waals surface area contributed by atoms with Crippen LogP contribution in [0.1, 0.15) is 33.1 Å². The monoisotopic (exact) mass is 408 g/mol. The van der Waals surface area contributed by atoms with E-state index < -0.39 is 11.8 Å². The first kappa shape index (κ1) is 20.9. The van der Waals surface area contributed by atoms with E-state index in [4.69, 9.17) is 4.74 Å². The van der Waals surface area contributed by atoms with Gasteiger partial charge >= 0.3 is 5.97 Å². The molecule has 0 atom stereocenters. The van der Waals surface area contributed by atoms with Gasteiger partial charge in [-0.25, -0.2) is 14.2 Å². The molecule has 1 heterocycles. The van der Waals surface area contributed by atoms with Crippen molar-refractivity contribution >= 4 is 24.1 Å². The maximum atomic E-state index is 13.0. The number of carbonyl (C=O) groups excluding carboxylic acids is 1. The molecule has 0 aliphatic carbocycles. The topological polar surface area (TPSA) is 88.4 Å². The van der Waals surface area contributed by atoms with Crippen molar-refractivity contribution in [3.8, 4) is 11.5 Å². The van der Waals surface area contributed by atoms with Crippen LogP contribution in [0.2, 0.25) is 0 Å². The van der Waals surface area contributed by atoms with E-state index in [0.717, 1.165) is 16.7 Å². The number of esters is 1. The second-order valence-electron chi connectivity index (χ2n) is 6.89. The number of hydrogen-bond donors (Lipinski definition) is 1. The molecule has 0 fully saturated rings. The van der Waals surface area contributed by atoms with Crippen LogP contribution >= 0.6 is 0 Å². The summed E-state index contributed by atoms with van der Waals surface area (Å²) >= 11 is 0. The molecule has 0 bridgehead atoms. The zero-order valence-corrected chi connectivity index (χ0v) is 17.0. The molecule has 0 unspecified atom stereocenters. The molecular formula is C22H21FN4O3. The van der Waals surface area contributed by atoms with E-state index in [-0.39, 0.29) is 29.1 Å². The average molecular weight is 408 g/mol. The first-order chi connectivity index (χ1) is 14.2. The molecule has 0 spiro atoms. The first-order valence-electron chi connectivity index (χ1n) is 9.12. The van der Waals surface area contributed by atoms with Gasteiger partial charge in [0.1, 0.15) is 17.3 Å². The molecule has 3 rings (SSSR count). The largest absolute Gasteiger partial charge is 0.507 e. The third-order valence-electron chi connectivity index (χ3n) is 4.19. The molecule has 0 amide bonds. The van der Waals surface area contributed by atoms with E-state index in [1.54, 1.807) is 31.1 Å². The minimum atomic E-state index is -0.780. The van der Waals surface area contributed by atoms with Crippen molar-refractivity contribution in [2.45, 2.75) is 13.8 Å². The normalized spacial score (nSPS) is 11.0. The maximum absolute atomic E-state index is 13.0. The number of anilines is 1. The smallest absolute Gasteiger partial charge is 0.381 e. The van der Waals surface area contributed by atoms with Gasteiger partial charge in [0.2, 0.25) is 11.8 Å². The number of aromatic nitrogens is 3. The quantitative estimate of drug-likeness (QED) is 0.508. The number of nitrogens with zero attached hydrogens (tertiary/aromatic N) is 4. The van der Waals surface area contributed by atoms with E-state index in [9.17, 15) is 14.3 Å². The number of carbonyl (C=O) groups is 1. The predicted molar refractivity (Wildman–Crippen MR) is 112 cm³/mol. The zero-order valence-electron chi connectivity index (χ0n) is 17.0. The van der Waals surface area contributed by atoms with Gasteiger partial charge in [-0.05, 0) is 73.0 Å². The van der Waals surface area contributed by atoms with Crippen molar-refractivity contribution in [1.29, 1.82) is 0 Å². The van der Waals surface area contributed by atoms with Crippen molar-refractivity contribution in [3.63, 3.8) is 0 Å². The Kier molecular flexibility index (Phi) is 6.06. The Morgan fingerprint density at radius 2 is 1.67 bits per heavy atom. The van der Waals surface area contributed by atoms with Gasteiger partial charge in [-0.1, -0.05) is 6.08 Å². The molecule has 1 N–H and O–H groups in total. The molecule has 8 heteroatoms. The highest BCUT2D eigenvalue weighted by molar-refractivity contribution is 5.87. The summed E-state index contributed by atoms with van der Waals surface area (Å²) in [6, 6.07) is 8.73. The van der Waals surface area contributed by atoms with Crippen molar-refractivity contribution in [1.82, 2.24) is 15.0 Å². The van der Waals surface area contributed by atoms with Crippen molar-refractivity contribution < 1.29 is 19.0 Å². The van der Waals surface area contributed by atoms with Crippen molar-refractivity contribution in [2.24, 2.45) is 0 Å². The van der Waals surface area contributed by atoms with E-state index >= 15 is 0 Å². The second kappa shape index (κ2) is 8.69. The zero-order chi connectivity index (χ0) is 21.8. The minimum Gasteiger partial charge on any atom is -0.507 e. The Bertz CT molecular complexity index is 1090. The standard InChI is InChI=1S/C22H21FN4O3/c1-13-11-15(12-14(2)19(13)28)5-10-18-24-20(26-22(25-18)27(3)4)21(29)30-17-8-6-16(23)7-9-17/h5-12,28H,1-4H3. The van der Waals surface area contributed by atoms with Gasteiger partial charge in [-0.15, -0.1) is 0 Å². The summed E-state index contributed by atoms with van der Waals surface area (Å²) in [7, 11) is 3.48. The lowest BCUT2D eigenvalue weighted by molar-refractivity contribution is 0.0721. The molecule has 1 aromatic heterocycles. The van der Waals surface area contributed by atoms with Crippen LogP contribution in [0.4, 0.5) is 10.3 Å². The number of aryl methyl sites for hydroxylation is 2. The molecular weight excluding hydrogens is 387 g/mol.